The summed E-state index contributed by atoms with van der Waals surface area (Å²) in [6.07, 6.45) is 2.47. The molecule has 1 aliphatic rings. The monoisotopic (exact) mass is 483 g/mol. The number of nitrogens with zero attached hydrogens (tertiary/aromatic N) is 2. The molecule has 7 nitrogen and oxygen atoms in total. The molecule has 0 saturated carbocycles. The first kappa shape index (κ1) is 21.8. The number of ether oxygens (including phenoxy) is 2. The Morgan fingerprint density at radius 3 is 2.79 bits per heavy atom. The third-order valence-electron chi connectivity index (χ3n) is 5.96. The van der Waals surface area contributed by atoms with Crippen LogP contribution in [0.2, 0.25) is 5.02 Å². The Balaban J connectivity index is 1.46. The Bertz CT molecular complexity index is 1350. The molecule has 1 atom stereocenters. The first-order chi connectivity index (χ1) is 16.0. The van der Waals surface area contributed by atoms with E-state index in [2.05, 4.69) is 4.98 Å². The van der Waals surface area contributed by atoms with Crippen LogP contribution in [0.3, 0.4) is 0 Å². The first-order valence-electron chi connectivity index (χ1n) is 10.4. The average molecular weight is 484 g/mol. The van der Waals surface area contributed by atoms with Gasteiger partial charge < -0.3 is 19.6 Å². The molecule has 0 unspecified atom stereocenters. The average Bonchev–Trinajstić information content (AvgIpc) is 3.42. The standard InChI is InChI=1S/C24H22ClN3O4S/c1-31-19-6-3-13(9-20(19)32-2)23-27-17-7-8-28(12-21(17)33-23)22(24(29)30)16-11-26-18-10-14(25)4-5-15(16)18/h3-6,9-11,22,26H,7-8,12H2,1-2H3,(H,29,30)/t22-/m1/s1. The number of halogens is 1. The van der Waals surface area contributed by atoms with Gasteiger partial charge in [-0.1, -0.05) is 17.7 Å². The number of carboxylic acids is 1. The highest BCUT2D eigenvalue weighted by atomic mass is 35.5. The van der Waals surface area contributed by atoms with Gasteiger partial charge in [0, 0.05) is 57.6 Å². The van der Waals surface area contributed by atoms with Crippen molar-refractivity contribution in [3.05, 3.63) is 63.8 Å². The summed E-state index contributed by atoms with van der Waals surface area (Å²) in [4.78, 5) is 23.4. The van der Waals surface area contributed by atoms with Crippen LogP contribution in [0.25, 0.3) is 21.5 Å². The van der Waals surface area contributed by atoms with Crippen LogP contribution in [0.5, 0.6) is 11.5 Å². The van der Waals surface area contributed by atoms with Crippen LogP contribution in [0.4, 0.5) is 0 Å². The Hall–Kier alpha value is -3.07. The number of benzene rings is 2. The van der Waals surface area contributed by atoms with Crippen molar-refractivity contribution in [1.29, 1.82) is 0 Å². The van der Waals surface area contributed by atoms with Gasteiger partial charge in [0.25, 0.3) is 0 Å². The molecular formula is C24H22ClN3O4S. The predicted octanol–water partition coefficient (Wildman–Crippen LogP) is 5.15. The minimum Gasteiger partial charge on any atom is -0.493 e. The van der Waals surface area contributed by atoms with Crippen LogP contribution in [-0.2, 0) is 17.8 Å². The van der Waals surface area contributed by atoms with E-state index in [9.17, 15) is 9.90 Å². The topological polar surface area (TPSA) is 87.7 Å². The first-order valence-corrected chi connectivity index (χ1v) is 11.6. The largest absolute Gasteiger partial charge is 0.493 e. The zero-order valence-electron chi connectivity index (χ0n) is 18.1. The molecule has 170 valence electrons. The second kappa shape index (κ2) is 8.70. The van der Waals surface area contributed by atoms with E-state index in [1.54, 1.807) is 37.8 Å². The zero-order valence-corrected chi connectivity index (χ0v) is 19.7. The van der Waals surface area contributed by atoms with Gasteiger partial charge in [0.15, 0.2) is 11.5 Å². The van der Waals surface area contributed by atoms with E-state index in [1.807, 2.05) is 35.2 Å². The van der Waals surface area contributed by atoms with Gasteiger partial charge in [-0.2, -0.15) is 0 Å². The third-order valence-corrected chi connectivity index (χ3v) is 7.33. The van der Waals surface area contributed by atoms with Gasteiger partial charge in [-0.3, -0.25) is 9.69 Å². The second-order valence-electron chi connectivity index (χ2n) is 7.85. The van der Waals surface area contributed by atoms with Gasteiger partial charge in [-0.15, -0.1) is 11.3 Å². The third kappa shape index (κ3) is 3.94. The van der Waals surface area contributed by atoms with E-state index in [4.69, 9.17) is 26.1 Å². The Kier molecular flexibility index (Phi) is 5.74. The lowest BCUT2D eigenvalue weighted by atomic mass is 10.0. The molecule has 33 heavy (non-hydrogen) atoms. The van der Waals surface area contributed by atoms with Crippen LogP contribution in [0.1, 0.15) is 22.2 Å². The van der Waals surface area contributed by atoms with Crippen LogP contribution >= 0.6 is 22.9 Å². The van der Waals surface area contributed by atoms with Crippen LogP contribution < -0.4 is 9.47 Å². The number of rotatable bonds is 6. The molecule has 0 saturated heterocycles. The van der Waals surface area contributed by atoms with Crippen molar-refractivity contribution < 1.29 is 19.4 Å². The van der Waals surface area contributed by atoms with E-state index in [0.29, 0.717) is 36.0 Å². The summed E-state index contributed by atoms with van der Waals surface area (Å²) in [6, 6.07) is 10.4. The van der Waals surface area contributed by atoms with E-state index in [0.717, 1.165) is 37.6 Å². The van der Waals surface area contributed by atoms with Crippen LogP contribution in [0.15, 0.2) is 42.6 Å². The predicted molar refractivity (Wildman–Crippen MR) is 128 cm³/mol. The van der Waals surface area contributed by atoms with Gasteiger partial charge in [0.1, 0.15) is 11.0 Å². The maximum atomic E-state index is 12.4. The van der Waals surface area contributed by atoms with Gasteiger partial charge in [0.05, 0.1) is 19.9 Å². The summed E-state index contributed by atoms with van der Waals surface area (Å²) in [6.45, 7) is 1.14. The summed E-state index contributed by atoms with van der Waals surface area (Å²) in [7, 11) is 3.21. The highest BCUT2D eigenvalue weighted by Gasteiger charge is 2.33. The van der Waals surface area contributed by atoms with Crippen LogP contribution in [0, 0.1) is 0 Å². The lowest BCUT2D eigenvalue weighted by Crippen LogP contribution is -2.37. The maximum Gasteiger partial charge on any atom is 0.325 e. The molecule has 9 heteroatoms. The van der Waals surface area contributed by atoms with Crippen molar-refractivity contribution in [2.45, 2.75) is 19.0 Å². The molecule has 0 aliphatic carbocycles. The summed E-state index contributed by atoms with van der Waals surface area (Å²) >= 11 is 7.69. The molecule has 0 amide bonds. The second-order valence-corrected chi connectivity index (χ2v) is 9.37. The van der Waals surface area contributed by atoms with Crippen LogP contribution in [-0.4, -0.2) is 46.7 Å². The molecule has 2 aromatic heterocycles. The number of carbonyl (C=O) groups is 1. The lowest BCUT2D eigenvalue weighted by molar-refractivity contribution is -0.144. The fraction of sp³-hybridized carbons (Fsp3) is 0.250. The molecule has 3 heterocycles. The van der Waals surface area contributed by atoms with E-state index in [-0.39, 0.29) is 0 Å². The number of methoxy groups -OCH3 is 2. The number of aromatic nitrogens is 2. The summed E-state index contributed by atoms with van der Waals surface area (Å²) in [5.41, 5.74) is 3.54. The van der Waals surface area contributed by atoms with Gasteiger partial charge in [-0.25, -0.2) is 4.98 Å². The highest BCUT2D eigenvalue weighted by Crippen LogP contribution is 2.39. The van der Waals surface area contributed by atoms with E-state index in [1.165, 1.54) is 0 Å². The summed E-state index contributed by atoms with van der Waals surface area (Å²) < 4.78 is 10.8. The van der Waals surface area contributed by atoms with Gasteiger partial charge in [0.2, 0.25) is 0 Å². The molecule has 4 aromatic rings. The molecule has 0 fully saturated rings. The summed E-state index contributed by atoms with van der Waals surface area (Å²) in [5, 5.41) is 12.5. The smallest absolute Gasteiger partial charge is 0.325 e. The normalized spacial score (nSPS) is 14.8. The molecular weight excluding hydrogens is 462 g/mol. The molecule has 0 radical (unpaired) electrons. The van der Waals surface area contributed by atoms with E-state index < -0.39 is 12.0 Å². The van der Waals surface area contributed by atoms with E-state index >= 15 is 0 Å². The minimum atomic E-state index is -0.876. The Labute approximate surface area is 199 Å². The van der Waals surface area contributed by atoms with Crippen molar-refractivity contribution in [2.75, 3.05) is 20.8 Å². The van der Waals surface area contributed by atoms with Crippen molar-refractivity contribution in [3.8, 4) is 22.1 Å². The molecule has 0 bridgehead atoms. The number of H-pyrrole nitrogens is 1. The summed E-state index contributed by atoms with van der Waals surface area (Å²) in [5.74, 6) is 0.437. The number of carboxylic acid groups (broad SMARTS) is 1. The highest BCUT2D eigenvalue weighted by molar-refractivity contribution is 7.15. The number of thiazole rings is 1. The Morgan fingerprint density at radius 2 is 2.03 bits per heavy atom. The Morgan fingerprint density at radius 1 is 1.21 bits per heavy atom. The molecule has 5 rings (SSSR count). The van der Waals surface area contributed by atoms with Crippen molar-refractivity contribution in [3.63, 3.8) is 0 Å². The fourth-order valence-electron chi connectivity index (χ4n) is 4.36. The molecule has 2 aromatic carbocycles. The number of nitrogens with one attached hydrogen (secondary N) is 1. The zero-order chi connectivity index (χ0) is 23.1. The quantitative estimate of drug-likeness (QED) is 0.394. The van der Waals surface area contributed by atoms with Gasteiger partial charge >= 0.3 is 5.97 Å². The van der Waals surface area contributed by atoms with Crippen molar-refractivity contribution >= 4 is 39.8 Å². The number of hydrogen-bond donors (Lipinski definition) is 2. The number of aromatic amines is 1. The maximum absolute atomic E-state index is 12.4. The number of hydrogen-bond acceptors (Lipinski definition) is 6. The SMILES string of the molecule is COc1ccc(-c2nc3c(s2)CN([C@@H](C(=O)O)c2c[nH]c4cc(Cl)ccc24)CC3)cc1OC. The molecule has 2 N–H and O–H groups in total. The molecule has 1 aliphatic heterocycles. The fourth-order valence-corrected chi connectivity index (χ4v) is 5.66. The number of fused-ring (bicyclic) bond motifs is 2. The molecule has 0 spiro atoms. The van der Waals surface area contributed by atoms with Crippen molar-refractivity contribution in [1.82, 2.24) is 14.9 Å². The number of aliphatic carboxylic acids is 1. The van der Waals surface area contributed by atoms with Crippen molar-refractivity contribution in [2.24, 2.45) is 0 Å². The lowest BCUT2D eigenvalue weighted by Gasteiger charge is -2.31. The van der Waals surface area contributed by atoms with Gasteiger partial charge in [-0.05, 0) is 30.3 Å². The minimum absolute atomic E-state index is 0.525.